The predicted octanol–water partition coefficient (Wildman–Crippen LogP) is 5.50. The van der Waals surface area contributed by atoms with E-state index in [-0.39, 0.29) is 11.6 Å². The van der Waals surface area contributed by atoms with Gasteiger partial charge in [-0.05, 0) is 43.0 Å². The molecule has 1 aliphatic rings. The van der Waals surface area contributed by atoms with Crippen molar-refractivity contribution in [3.8, 4) is 0 Å². The summed E-state index contributed by atoms with van der Waals surface area (Å²) in [7, 11) is 0. The van der Waals surface area contributed by atoms with Crippen LogP contribution in [0.1, 0.15) is 49.3 Å². The molecule has 2 aromatic carbocycles. The minimum Gasteiger partial charge on any atom is -0.284 e. The van der Waals surface area contributed by atoms with E-state index in [4.69, 9.17) is 4.98 Å². The third-order valence-electron chi connectivity index (χ3n) is 5.33. The van der Waals surface area contributed by atoms with Crippen LogP contribution in [0.4, 0.5) is 0 Å². The number of nitrogens with zero attached hydrogens (tertiary/aromatic N) is 2. The first kappa shape index (κ1) is 17.3. The molecular formula is C22H24N2OS. The van der Waals surface area contributed by atoms with Crippen molar-refractivity contribution in [3.63, 3.8) is 0 Å². The highest BCUT2D eigenvalue weighted by atomic mass is 32.2. The molecule has 0 saturated heterocycles. The highest BCUT2D eigenvalue weighted by Gasteiger charge is 2.21. The quantitative estimate of drug-likeness (QED) is 0.453. The van der Waals surface area contributed by atoms with Crippen LogP contribution in [0.5, 0.6) is 0 Å². The first-order chi connectivity index (χ1) is 12.7. The molecule has 3 aromatic rings. The number of fused-ring (bicyclic) bond motifs is 1. The van der Waals surface area contributed by atoms with Gasteiger partial charge < -0.3 is 0 Å². The number of para-hydroxylation sites is 1. The van der Waals surface area contributed by atoms with E-state index >= 15 is 0 Å². The molecule has 3 nitrogen and oxygen atoms in total. The monoisotopic (exact) mass is 364 g/mol. The second-order valence-electron chi connectivity index (χ2n) is 7.09. The Morgan fingerprint density at radius 3 is 2.58 bits per heavy atom. The second kappa shape index (κ2) is 7.67. The van der Waals surface area contributed by atoms with E-state index in [1.165, 1.54) is 30.4 Å². The summed E-state index contributed by atoms with van der Waals surface area (Å²) in [6.07, 6.45) is 5.84. The number of aromatic nitrogens is 2. The summed E-state index contributed by atoms with van der Waals surface area (Å²) < 4.78 is 1.99. The van der Waals surface area contributed by atoms with E-state index in [2.05, 4.69) is 31.2 Å². The molecule has 4 rings (SSSR count). The summed E-state index contributed by atoms with van der Waals surface area (Å²) in [6.45, 7) is 2.14. The van der Waals surface area contributed by atoms with Gasteiger partial charge in [-0.25, -0.2) is 4.98 Å². The van der Waals surface area contributed by atoms with Gasteiger partial charge in [0.1, 0.15) is 0 Å². The van der Waals surface area contributed by atoms with Crippen LogP contribution in [0.2, 0.25) is 0 Å². The molecule has 1 saturated carbocycles. The largest absolute Gasteiger partial charge is 0.284 e. The van der Waals surface area contributed by atoms with E-state index < -0.39 is 0 Å². The molecule has 1 aliphatic carbocycles. The van der Waals surface area contributed by atoms with Crippen LogP contribution in [-0.4, -0.2) is 9.55 Å². The lowest BCUT2D eigenvalue weighted by Gasteiger charge is -2.26. The van der Waals surface area contributed by atoms with Gasteiger partial charge in [0.2, 0.25) is 0 Å². The highest BCUT2D eigenvalue weighted by Crippen LogP contribution is 2.32. The fraction of sp³-hybridized carbons (Fsp3) is 0.364. The smallest absolute Gasteiger partial charge is 0.262 e. The summed E-state index contributed by atoms with van der Waals surface area (Å²) >= 11 is 1.69. The van der Waals surface area contributed by atoms with E-state index in [0.717, 1.165) is 34.7 Å². The van der Waals surface area contributed by atoms with E-state index in [0.29, 0.717) is 0 Å². The van der Waals surface area contributed by atoms with E-state index in [1.807, 2.05) is 28.8 Å². The summed E-state index contributed by atoms with van der Waals surface area (Å²) in [5, 5.41) is 1.60. The average molecular weight is 365 g/mol. The molecule has 0 N–H and O–H groups in total. The Bertz CT molecular complexity index is 973. The molecule has 134 valence electrons. The molecule has 0 radical (unpaired) electrons. The van der Waals surface area contributed by atoms with Gasteiger partial charge in [0.15, 0.2) is 5.16 Å². The number of thioether (sulfide) groups is 1. The Kier molecular flexibility index (Phi) is 5.11. The van der Waals surface area contributed by atoms with Crippen molar-refractivity contribution < 1.29 is 0 Å². The van der Waals surface area contributed by atoms with Crippen LogP contribution in [0.25, 0.3) is 10.9 Å². The number of benzene rings is 2. The Labute approximate surface area is 158 Å². The third-order valence-corrected chi connectivity index (χ3v) is 6.33. The number of rotatable bonds is 4. The second-order valence-corrected chi connectivity index (χ2v) is 8.04. The zero-order valence-electron chi connectivity index (χ0n) is 15.1. The van der Waals surface area contributed by atoms with Crippen molar-refractivity contribution in [2.75, 3.05) is 0 Å². The number of hydrogen-bond donors (Lipinski definition) is 0. The van der Waals surface area contributed by atoms with Crippen molar-refractivity contribution in [1.29, 1.82) is 0 Å². The fourth-order valence-electron chi connectivity index (χ4n) is 3.80. The van der Waals surface area contributed by atoms with E-state index in [9.17, 15) is 4.79 Å². The Hall–Kier alpha value is -2.07. The zero-order chi connectivity index (χ0) is 17.9. The van der Waals surface area contributed by atoms with Crippen LogP contribution in [-0.2, 0) is 5.75 Å². The van der Waals surface area contributed by atoms with Gasteiger partial charge in [-0.15, -0.1) is 0 Å². The topological polar surface area (TPSA) is 34.9 Å². The fourth-order valence-corrected chi connectivity index (χ4v) is 4.95. The number of hydrogen-bond acceptors (Lipinski definition) is 3. The molecule has 0 aliphatic heterocycles. The Morgan fingerprint density at radius 1 is 1.04 bits per heavy atom. The average Bonchev–Trinajstić information content (AvgIpc) is 2.68. The third kappa shape index (κ3) is 3.43. The lowest BCUT2D eigenvalue weighted by atomic mass is 9.95. The molecule has 1 fully saturated rings. The van der Waals surface area contributed by atoms with Gasteiger partial charge in [-0.2, -0.15) is 0 Å². The van der Waals surface area contributed by atoms with E-state index in [1.54, 1.807) is 11.8 Å². The van der Waals surface area contributed by atoms with Crippen molar-refractivity contribution >= 4 is 22.7 Å². The maximum Gasteiger partial charge on any atom is 0.262 e. The first-order valence-corrected chi connectivity index (χ1v) is 10.4. The van der Waals surface area contributed by atoms with Crippen LogP contribution in [0.3, 0.4) is 0 Å². The maximum absolute atomic E-state index is 13.2. The summed E-state index contributed by atoms with van der Waals surface area (Å²) in [4.78, 5) is 18.1. The first-order valence-electron chi connectivity index (χ1n) is 9.42. The van der Waals surface area contributed by atoms with Gasteiger partial charge >= 0.3 is 0 Å². The van der Waals surface area contributed by atoms with Crippen molar-refractivity contribution in [2.24, 2.45) is 0 Å². The molecule has 0 unspecified atom stereocenters. The lowest BCUT2D eigenvalue weighted by Crippen LogP contribution is -2.29. The lowest BCUT2D eigenvalue weighted by molar-refractivity contribution is 0.326. The molecule has 1 aromatic heterocycles. The Morgan fingerprint density at radius 2 is 1.77 bits per heavy atom. The molecule has 0 spiro atoms. The van der Waals surface area contributed by atoms with Crippen LogP contribution in [0.15, 0.2) is 58.5 Å². The maximum atomic E-state index is 13.2. The molecular weight excluding hydrogens is 340 g/mol. The van der Waals surface area contributed by atoms with Gasteiger partial charge in [-0.3, -0.25) is 9.36 Å². The van der Waals surface area contributed by atoms with Crippen molar-refractivity contribution in [3.05, 3.63) is 70.0 Å². The minimum atomic E-state index is 0.120. The molecule has 0 bridgehead atoms. The van der Waals surface area contributed by atoms with Gasteiger partial charge in [0.25, 0.3) is 5.56 Å². The van der Waals surface area contributed by atoms with Gasteiger partial charge in [-0.1, -0.05) is 67.4 Å². The van der Waals surface area contributed by atoms with Gasteiger partial charge in [0.05, 0.1) is 10.9 Å². The normalized spacial score (nSPS) is 15.4. The van der Waals surface area contributed by atoms with Crippen LogP contribution < -0.4 is 5.56 Å². The molecule has 0 amide bonds. The summed E-state index contributed by atoms with van der Waals surface area (Å²) in [6, 6.07) is 16.4. The standard InChI is InChI=1S/C22H24N2OS/c1-16-9-5-6-10-17(16)15-26-22-23-20-14-8-7-13-19(20)21(25)24(22)18-11-3-2-4-12-18/h5-10,13-14,18H,2-4,11-12,15H2,1H3. The zero-order valence-corrected chi connectivity index (χ0v) is 16.0. The molecule has 26 heavy (non-hydrogen) atoms. The van der Waals surface area contributed by atoms with Crippen molar-refractivity contribution in [1.82, 2.24) is 9.55 Å². The Balaban J connectivity index is 1.76. The van der Waals surface area contributed by atoms with Crippen LogP contribution >= 0.6 is 11.8 Å². The SMILES string of the molecule is Cc1ccccc1CSc1nc2ccccc2c(=O)n1C1CCCCC1. The molecule has 0 atom stereocenters. The number of aryl methyl sites for hydroxylation is 1. The van der Waals surface area contributed by atoms with Crippen LogP contribution in [0, 0.1) is 6.92 Å². The van der Waals surface area contributed by atoms with Crippen molar-refractivity contribution in [2.45, 2.75) is 56.0 Å². The molecule has 1 heterocycles. The highest BCUT2D eigenvalue weighted by molar-refractivity contribution is 7.98. The summed E-state index contributed by atoms with van der Waals surface area (Å²) in [5.74, 6) is 0.837. The molecule has 4 heteroatoms. The predicted molar refractivity (Wildman–Crippen MR) is 109 cm³/mol. The summed E-state index contributed by atoms with van der Waals surface area (Å²) in [5.41, 5.74) is 3.51. The minimum absolute atomic E-state index is 0.120. The van der Waals surface area contributed by atoms with Gasteiger partial charge in [0, 0.05) is 11.8 Å².